The zero-order valence-electron chi connectivity index (χ0n) is 9.62. The van der Waals surface area contributed by atoms with Crippen LogP contribution in [-0.4, -0.2) is 19.7 Å². The van der Waals surface area contributed by atoms with Crippen LogP contribution < -0.4 is 4.74 Å². The van der Waals surface area contributed by atoms with Crippen LogP contribution in [0.3, 0.4) is 0 Å². The van der Waals surface area contributed by atoms with Crippen LogP contribution in [0.15, 0.2) is 18.2 Å². The fraction of sp³-hybridized carbons (Fsp3) is 0.417. The minimum absolute atomic E-state index is 0.275. The van der Waals surface area contributed by atoms with E-state index in [1.165, 1.54) is 7.11 Å². The number of para-hydroxylation sites is 1. The Morgan fingerprint density at radius 2 is 2.19 bits per heavy atom. The maximum absolute atomic E-state index is 11.6. The summed E-state index contributed by atoms with van der Waals surface area (Å²) >= 11 is 5.98. The molecule has 1 atom stereocenters. The molecule has 3 nitrogen and oxygen atoms in total. The molecule has 0 saturated carbocycles. The zero-order valence-corrected chi connectivity index (χ0v) is 10.4. The van der Waals surface area contributed by atoms with E-state index < -0.39 is 0 Å². The summed E-state index contributed by atoms with van der Waals surface area (Å²) in [4.78, 5) is 11.6. The second-order valence-electron chi connectivity index (χ2n) is 3.34. The topological polar surface area (TPSA) is 35.5 Å². The Kier molecular flexibility index (Phi) is 4.62. The molecule has 1 rings (SSSR count). The number of hydrogen-bond donors (Lipinski definition) is 0. The summed E-state index contributed by atoms with van der Waals surface area (Å²) in [5.74, 6) is -0.124. The molecule has 0 bridgehead atoms. The van der Waals surface area contributed by atoms with Gasteiger partial charge < -0.3 is 9.47 Å². The van der Waals surface area contributed by atoms with Crippen LogP contribution in [-0.2, 0) is 9.53 Å². The van der Waals surface area contributed by atoms with Crippen molar-refractivity contribution in [3.05, 3.63) is 28.8 Å². The van der Waals surface area contributed by atoms with Gasteiger partial charge in [-0.05, 0) is 19.9 Å². The molecule has 0 N–H and O–H groups in total. The summed E-state index contributed by atoms with van der Waals surface area (Å²) in [6, 6.07) is 5.32. The minimum Gasteiger partial charge on any atom is -0.495 e. The van der Waals surface area contributed by atoms with E-state index in [-0.39, 0.29) is 11.9 Å². The number of halogens is 1. The Morgan fingerprint density at radius 3 is 2.75 bits per heavy atom. The van der Waals surface area contributed by atoms with Gasteiger partial charge in [-0.15, -0.1) is 0 Å². The molecule has 0 aliphatic heterocycles. The van der Waals surface area contributed by atoms with Crippen molar-refractivity contribution in [1.82, 2.24) is 0 Å². The second kappa shape index (κ2) is 5.75. The van der Waals surface area contributed by atoms with Crippen molar-refractivity contribution in [3.8, 4) is 5.75 Å². The van der Waals surface area contributed by atoms with Gasteiger partial charge in [-0.1, -0.05) is 23.7 Å². The quantitative estimate of drug-likeness (QED) is 0.762. The number of benzene rings is 1. The SMILES string of the molecule is CCOC(=O)C(C)c1cccc(Cl)c1OC. The van der Waals surface area contributed by atoms with Gasteiger partial charge in [-0.3, -0.25) is 4.79 Å². The molecule has 1 unspecified atom stereocenters. The lowest BCUT2D eigenvalue weighted by atomic mass is 10.0. The molecule has 0 radical (unpaired) electrons. The van der Waals surface area contributed by atoms with Gasteiger partial charge in [0.05, 0.1) is 24.7 Å². The molecule has 0 aliphatic rings. The maximum atomic E-state index is 11.6. The molecule has 0 aliphatic carbocycles. The van der Waals surface area contributed by atoms with Gasteiger partial charge in [0.25, 0.3) is 0 Å². The van der Waals surface area contributed by atoms with E-state index in [0.717, 1.165) is 5.56 Å². The smallest absolute Gasteiger partial charge is 0.313 e. The van der Waals surface area contributed by atoms with E-state index in [9.17, 15) is 4.79 Å². The summed E-state index contributed by atoms with van der Waals surface area (Å²) < 4.78 is 10.1. The molecule has 16 heavy (non-hydrogen) atoms. The summed E-state index contributed by atoms with van der Waals surface area (Å²) in [5, 5.41) is 0.496. The first-order valence-electron chi connectivity index (χ1n) is 5.10. The molecule has 0 saturated heterocycles. The molecule has 0 heterocycles. The molecule has 4 heteroatoms. The van der Waals surface area contributed by atoms with Crippen LogP contribution in [0.4, 0.5) is 0 Å². The van der Waals surface area contributed by atoms with Crippen LogP contribution in [0.1, 0.15) is 25.3 Å². The van der Waals surface area contributed by atoms with Gasteiger partial charge >= 0.3 is 5.97 Å². The average molecular weight is 243 g/mol. The Bertz CT molecular complexity index is 377. The minimum atomic E-state index is -0.381. The lowest BCUT2D eigenvalue weighted by molar-refractivity contribution is -0.144. The summed E-state index contributed by atoms with van der Waals surface area (Å²) in [5.41, 5.74) is 0.744. The predicted molar refractivity (Wildman–Crippen MR) is 63.1 cm³/mol. The van der Waals surface area contributed by atoms with E-state index in [4.69, 9.17) is 21.1 Å². The van der Waals surface area contributed by atoms with Crippen molar-refractivity contribution in [2.45, 2.75) is 19.8 Å². The Hall–Kier alpha value is -1.22. The number of hydrogen-bond acceptors (Lipinski definition) is 3. The Balaban J connectivity index is 3.03. The van der Waals surface area contributed by atoms with Crippen LogP contribution in [0.2, 0.25) is 5.02 Å². The Labute approximate surface area is 100 Å². The van der Waals surface area contributed by atoms with Crippen molar-refractivity contribution in [3.63, 3.8) is 0 Å². The number of carbonyl (C=O) groups is 1. The first-order chi connectivity index (χ1) is 7.61. The van der Waals surface area contributed by atoms with Crippen LogP contribution in [0, 0.1) is 0 Å². The van der Waals surface area contributed by atoms with Gasteiger partial charge in [0.1, 0.15) is 5.75 Å². The monoisotopic (exact) mass is 242 g/mol. The average Bonchev–Trinajstić information content (AvgIpc) is 2.28. The van der Waals surface area contributed by atoms with Gasteiger partial charge in [0.2, 0.25) is 0 Å². The molecule has 0 spiro atoms. The van der Waals surface area contributed by atoms with E-state index in [2.05, 4.69) is 0 Å². The molecule has 88 valence electrons. The summed E-state index contributed by atoms with van der Waals surface area (Å²) in [6.45, 7) is 3.91. The summed E-state index contributed by atoms with van der Waals surface area (Å²) in [7, 11) is 1.53. The normalized spacial score (nSPS) is 12.0. The molecule has 0 aromatic heterocycles. The predicted octanol–water partition coefficient (Wildman–Crippen LogP) is 3.02. The Morgan fingerprint density at radius 1 is 1.50 bits per heavy atom. The van der Waals surface area contributed by atoms with Crippen LogP contribution in [0.25, 0.3) is 0 Å². The van der Waals surface area contributed by atoms with Crippen molar-refractivity contribution in [1.29, 1.82) is 0 Å². The van der Waals surface area contributed by atoms with Gasteiger partial charge in [-0.2, -0.15) is 0 Å². The number of carbonyl (C=O) groups excluding carboxylic acids is 1. The molecular formula is C12H15ClO3. The van der Waals surface area contributed by atoms with E-state index in [1.54, 1.807) is 26.0 Å². The van der Waals surface area contributed by atoms with Gasteiger partial charge in [0, 0.05) is 5.56 Å². The first-order valence-corrected chi connectivity index (χ1v) is 5.48. The van der Waals surface area contributed by atoms with E-state index in [1.807, 2.05) is 6.07 Å². The third-order valence-corrected chi connectivity index (χ3v) is 2.61. The standard InChI is InChI=1S/C12H15ClO3/c1-4-16-12(14)8(2)9-6-5-7-10(13)11(9)15-3/h5-8H,4H2,1-3H3. The van der Waals surface area contributed by atoms with Crippen molar-refractivity contribution in [2.75, 3.05) is 13.7 Å². The van der Waals surface area contributed by atoms with Crippen molar-refractivity contribution in [2.24, 2.45) is 0 Å². The van der Waals surface area contributed by atoms with Crippen molar-refractivity contribution >= 4 is 17.6 Å². The third kappa shape index (κ3) is 2.67. The third-order valence-electron chi connectivity index (χ3n) is 2.31. The number of esters is 1. The van der Waals surface area contributed by atoms with Crippen LogP contribution in [0.5, 0.6) is 5.75 Å². The lowest BCUT2D eigenvalue weighted by Gasteiger charge is -2.15. The first kappa shape index (κ1) is 12.8. The highest BCUT2D eigenvalue weighted by Gasteiger charge is 2.21. The molecular weight excluding hydrogens is 228 g/mol. The highest BCUT2D eigenvalue weighted by Crippen LogP contribution is 2.33. The number of ether oxygens (including phenoxy) is 2. The highest BCUT2D eigenvalue weighted by molar-refractivity contribution is 6.32. The fourth-order valence-electron chi connectivity index (χ4n) is 1.48. The van der Waals surface area contributed by atoms with Crippen molar-refractivity contribution < 1.29 is 14.3 Å². The fourth-order valence-corrected chi connectivity index (χ4v) is 1.74. The van der Waals surface area contributed by atoms with Gasteiger partial charge in [0.15, 0.2) is 0 Å². The molecule has 0 fully saturated rings. The number of rotatable bonds is 4. The van der Waals surface area contributed by atoms with Crippen LogP contribution >= 0.6 is 11.6 Å². The zero-order chi connectivity index (χ0) is 12.1. The highest BCUT2D eigenvalue weighted by atomic mass is 35.5. The van der Waals surface area contributed by atoms with E-state index in [0.29, 0.717) is 17.4 Å². The van der Waals surface area contributed by atoms with Gasteiger partial charge in [-0.25, -0.2) is 0 Å². The second-order valence-corrected chi connectivity index (χ2v) is 3.74. The molecule has 1 aromatic carbocycles. The summed E-state index contributed by atoms with van der Waals surface area (Å²) in [6.07, 6.45) is 0. The molecule has 1 aromatic rings. The largest absolute Gasteiger partial charge is 0.495 e. The maximum Gasteiger partial charge on any atom is 0.313 e. The molecule has 0 amide bonds. The number of methoxy groups -OCH3 is 1. The lowest BCUT2D eigenvalue weighted by Crippen LogP contribution is -2.13. The van der Waals surface area contributed by atoms with E-state index >= 15 is 0 Å².